The molecule has 94 valence electrons. The highest BCUT2D eigenvalue weighted by molar-refractivity contribution is 5.67. The molecule has 1 aromatic rings. The molecule has 0 spiro atoms. The molecular weight excluding hydrogens is 206 g/mol. The Morgan fingerprint density at radius 2 is 2.06 bits per heavy atom. The van der Waals surface area contributed by atoms with Gasteiger partial charge in [-0.3, -0.25) is 0 Å². The standard InChI is InChI=1S/C16H25N/c1-6-8-14-10-11-16(17-14)13(5)15(9-7-2)12(3)4/h7,9-12,17H,6,8H2,1-5H3/b9-7-,15-13-. The van der Waals surface area contributed by atoms with E-state index in [0.29, 0.717) is 5.92 Å². The summed E-state index contributed by atoms with van der Waals surface area (Å²) in [5, 5.41) is 0. The molecule has 0 fully saturated rings. The average Bonchev–Trinajstić information content (AvgIpc) is 2.73. The number of aromatic amines is 1. The van der Waals surface area contributed by atoms with Gasteiger partial charge in [0.15, 0.2) is 0 Å². The maximum Gasteiger partial charge on any atom is 0.0415 e. The lowest BCUT2D eigenvalue weighted by atomic mass is 9.96. The summed E-state index contributed by atoms with van der Waals surface area (Å²) in [5.41, 5.74) is 5.37. The molecule has 17 heavy (non-hydrogen) atoms. The van der Waals surface area contributed by atoms with Crippen LogP contribution in [0.3, 0.4) is 0 Å². The zero-order valence-corrected chi connectivity index (χ0v) is 11.8. The second kappa shape index (κ2) is 6.48. The molecule has 0 unspecified atom stereocenters. The Bertz CT molecular complexity index is 405. The van der Waals surface area contributed by atoms with Crippen molar-refractivity contribution in [3.63, 3.8) is 0 Å². The number of hydrogen-bond donors (Lipinski definition) is 1. The van der Waals surface area contributed by atoms with E-state index in [-0.39, 0.29) is 0 Å². The summed E-state index contributed by atoms with van der Waals surface area (Å²) in [6, 6.07) is 4.40. The van der Waals surface area contributed by atoms with Crippen LogP contribution >= 0.6 is 0 Å². The monoisotopic (exact) mass is 231 g/mol. The van der Waals surface area contributed by atoms with Crippen molar-refractivity contribution in [2.24, 2.45) is 5.92 Å². The Labute approximate surface area is 106 Å². The van der Waals surface area contributed by atoms with Gasteiger partial charge in [-0.25, -0.2) is 0 Å². The van der Waals surface area contributed by atoms with Crippen LogP contribution in [-0.4, -0.2) is 4.98 Å². The lowest BCUT2D eigenvalue weighted by Gasteiger charge is -2.11. The van der Waals surface area contributed by atoms with Gasteiger partial charge >= 0.3 is 0 Å². The number of H-pyrrole nitrogens is 1. The second-order valence-electron chi connectivity index (χ2n) is 4.88. The summed E-state index contributed by atoms with van der Waals surface area (Å²) in [6.45, 7) is 11.0. The van der Waals surface area contributed by atoms with Gasteiger partial charge in [0, 0.05) is 11.4 Å². The van der Waals surface area contributed by atoms with Crippen molar-refractivity contribution in [3.05, 3.63) is 41.2 Å². The molecule has 1 nitrogen and oxygen atoms in total. The van der Waals surface area contributed by atoms with Gasteiger partial charge in [-0.1, -0.05) is 39.3 Å². The van der Waals surface area contributed by atoms with E-state index in [1.54, 1.807) is 0 Å². The molecule has 0 radical (unpaired) electrons. The zero-order chi connectivity index (χ0) is 12.8. The van der Waals surface area contributed by atoms with Gasteiger partial charge in [0.2, 0.25) is 0 Å². The normalized spacial score (nSPS) is 13.5. The van der Waals surface area contributed by atoms with Crippen LogP contribution in [0, 0.1) is 5.92 Å². The van der Waals surface area contributed by atoms with Crippen LogP contribution < -0.4 is 0 Å². The van der Waals surface area contributed by atoms with Crippen molar-refractivity contribution in [3.8, 4) is 0 Å². The molecule has 0 aliphatic rings. The van der Waals surface area contributed by atoms with Crippen LogP contribution in [0.4, 0.5) is 0 Å². The first-order valence-electron chi connectivity index (χ1n) is 6.61. The smallest absolute Gasteiger partial charge is 0.0415 e. The molecule has 0 bridgehead atoms. The van der Waals surface area contributed by atoms with Crippen LogP contribution in [0.1, 0.15) is 52.4 Å². The van der Waals surface area contributed by atoms with E-state index in [4.69, 9.17) is 0 Å². The molecular formula is C16H25N. The van der Waals surface area contributed by atoms with Crippen molar-refractivity contribution in [2.75, 3.05) is 0 Å². The van der Waals surface area contributed by atoms with E-state index < -0.39 is 0 Å². The minimum Gasteiger partial charge on any atom is -0.359 e. The number of nitrogens with one attached hydrogen (secondary N) is 1. The highest BCUT2D eigenvalue weighted by Gasteiger charge is 2.07. The zero-order valence-electron chi connectivity index (χ0n) is 11.8. The molecule has 1 rings (SSSR count). The minimum atomic E-state index is 0.559. The van der Waals surface area contributed by atoms with E-state index in [1.807, 2.05) is 0 Å². The summed E-state index contributed by atoms with van der Waals surface area (Å²) in [6.07, 6.45) is 6.66. The first-order valence-corrected chi connectivity index (χ1v) is 6.61. The van der Waals surface area contributed by atoms with Crippen LogP contribution in [0.5, 0.6) is 0 Å². The quantitative estimate of drug-likeness (QED) is 0.688. The Balaban J connectivity index is 3.06. The van der Waals surface area contributed by atoms with Gasteiger partial charge < -0.3 is 4.98 Å². The third-order valence-electron chi connectivity index (χ3n) is 3.07. The van der Waals surface area contributed by atoms with Crippen molar-refractivity contribution in [2.45, 2.75) is 47.5 Å². The van der Waals surface area contributed by atoms with Gasteiger partial charge in [-0.2, -0.15) is 0 Å². The van der Waals surface area contributed by atoms with Crippen LogP contribution in [0.2, 0.25) is 0 Å². The summed E-state index contributed by atoms with van der Waals surface area (Å²) < 4.78 is 0. The molecule has 0 saturated heterocycles. The van der Waals surface area contributed by atoms with E-state index in [1.165, 1.54) is 29.0 Å². The van der Waals surface area contributed by atoms with Gasteiger partial charge in [0.1, 0.15) is 0 Å². The van der Waals surface area contributed by atoms with Crippen molar-refractivity contribution in [1.82, 2.24) is 4.98 Å². The molecule has 0 aliphatic heterocycles. The number of aromatic nitrogens is 1. The van der Waals surface area contributed by atoms with E-state index in [2.05, 4.69) is 63.9 Å². The Kier molecular flexibility index (Phi) is 5.27. The lowest BCUT2D eigenvalue weighted by molar-refractivity contribution is 0.792. The molecule has 1 N–H and O–H groups in total. The van der Waals surface area contributed by atoms with Crippen LogP contribution in [0.15, 0.2) is 29.9 Å². The van der Waals surface area contributed by atoms with Gasteiger partial charge in [-0.05, 0) is 49.5 Å². The molecule has 0 atom stereocenters. The van der Waals surface area contributed by atoms with Crippen molar-refractivity contribution >= 4 is 5.57 Å². The van der Waals surface area contributed by atoms with E-state index in [0.717, 1.165) is 6.42 Å². The van der Waals surface area contributed by atoms with Crippen molar-refractivity contribution in [1.29, 1.82) is 0 Å². The van der Waals surface area contributed by atoms with Gasteiger partial charge in [0.05, 0.1) is 0 Å². The number of rotatable bonds is 5. The fourth-order valence-electron chi connectivity index (χ4n) is 2.16. The second-order valence-corrected chi connectivity index (χ2v) is 4.88. The fraction of sp³-hybridized carbons (Fsp3) is 0.500. The lowest BCUT2D eigenvalue weighted by Crippen LogP contribution is -1.95. The first kappa shape index (κ1) is 13.8. The van der Waals surface area contributed by atoms with Gasteiger partial charge in [0.25, 0.3) is 0 Å². The molecule has 0 aliphatic carbocycles. The molecule has 1 heteroatoms. The Morgan fingerprint density at radius 1 is 1.35 bits per heavy atom. The Hall–Kier alpha value is -1.24. The summed E-state index contributed by atoms with van der Waals surface area (Å²) >= 11 is 0. The minimum absolute atomic E-state index is 0.559. The molecule has 1 aromatic heterocycles. The molecule has 0 aromatic carbocycles. The topological polar surface area (TPSA) is 15.8 Å². The van der Waals surface area contributed by atoms with E-state index in [9.17, 15) is 0 Å². The molecule has 0 saturated carbocycles. The number of aryl methyl sites for hydroxylation is 1. The maximum atomic E-state index is 3.52. The third-order valence-corrected chi connectivity index (χ3v) is 3.07. The third kappa shape index (κ3) is 3.62. The van der Waals surface area contributed by atoms with E-state index >= 15 is 0 Å². The summed E-state index contributed by atoms with van der Waals surface area (Å²) in [4.78, 5) is 3.52. The maximum absolute atomic E-state index is 3.52. The summed E-state index contributed by atoms with van der Waals surface area (Å²) in [7, 11) is 0. The largest absolute Gasteiger partial charge is 0.359 e. The number of hydrogen-bond acceptors (Lipinski definition) is 0. The Morgan fingerprint density at radius 3 is 2.59 bits per heavy atom. The fourth-order valence-corrected chi connectivity index (χ4v) is 2.16. The molecule has 0 amide bonds. The van der Waals surface area contributed by atoms with Crippen LogP contribution in [0.25, 0.3) is 5.57 Å². The number of allylic oxidation sites excluding steroid dienone is 4. The highest BCUT2D eigenvalue weighted by Crippen LogP contribution is 2.24. The SMILES string of the molecule is C/C=C\C(=C(/C)c1ccc(CCC)[nH]1)C(C)C. The average molecular weight is 231 g/mol. The first-order chi connectivity index (χ1) is 8.10. The predicted octanol–water partition coefficient (Wildman–Crippen LogP) is 4.97. The molecule has 1 heterocycles. The van der Waals surface area contributed by atoms with Crippen LogP contribution in [-0.2, 0) is 6.42 Å². The summed E-state index contributed by atoms with van der Waals surface area (Å²) in [5.74, 6) is 0.559. The van der Waals surface area contributed by atoms with Crippen molar-refractivity contribution < 1.29 is 0 Å². The van der Waals surface area contributed by atoms with Gasteiger partial charge in [-0.15, -0.1) is 0 Å². The predicted molar refractivity (Wildman–Crippen MR) is 77.0 cm³/mol. The highest BCUT2D eigenvalue weighted by atomic mass is 14.7.